The predicted octanol–water partition coefficient (Wildman–Crippen LogP) is 2.83. The molecule has 1 N–H and O–H groups in total. The largest absolute Gasteiger partial charge is 0.376 e. The first-order chi connectivity index (χ1) is 7.15. The third kappa shape index (κ3) is 4.12. The summed E-state index contributed by atoms with van der Waals surface area (Å²) < 4.78 is 5.81. The van der Waals surface area contributed by atoms with Crippen LogP contribution in [0.15, 0.2) is 0 Å². The van der Waals surface area contributed by atoms with Gasteiger partial charge in [-0.05, 0) is 31.7 Å². The Morgan fingerprint density at radius 3 is 2.53 bits per heavy atom. The highest BCUT2D eigenvalue weighted by atomic mass is 16.5. The molecule has 1 rings (SSSR count). The predicted molar refractivity (Wildman–Crippen MR) is 65.1 cm³/mol. The zero-order valence-corrected chi connectivity index (χ0v) is 10.8. The SMILES string of the molecule is CNC(CCCC(C)C)C1OCCC1C. The van der Waals surface area contributed by atoms with Crippen molar-refractivity contribution in [2.75, 3.05) is 13.7 Å². The summed E-state index contributed by atoms with van der Waals surface area (Å²) in [6.45, 7) is 7.85. The van der Waals surface area contributed by atoms with E-state index in [2.05, 4.69) is 33.1 Å². The normalized spacial score (nSPS) is 28.6. The van der Waals surface area contributed by atoms with Gasteiger partial charge in [0.15, 0.2) is 0 Å². The van der Waals surface area contributed by atoms with E-state index in [1.807, 2.05) is 0 Å². The van der Waals surface area contributed by atoms with Gasteiger partial charge in [-0.1, -0.05) is 33.6 Å². The minimum absolute atomic E-state index is 0.446. The summed E-state index contributed by atoms with van der Waals surface area (Å²) in [5.74, 6) is 1.55. The lowest BCUT2D eigenvalue weighted by Gasteiger charge is -2.26. The second-order valence-corrected chi connectivity index (χ2v) is 5.32. The van der Waals surface area contributed by atoms with E-state index in [-0.39, 0.29) is 0 Å². The summed E-state index contributed by atoms with van der Waals surface area (Å²) in [4.78, 5) is 0. The first-order valence-electron chi connectivity index (χ1n) is 6.44. The van der Waals surface area contributed by atoms with E-state index in [0.29, 0.717) is 12.1 Å². The van der Waals surface area contributed by atoms with E-state index in [4.69, 9.17) is 4.74 Å². The van der Waals surface area contributed by atoms with E-state index < -0.39 is 0 Å². The highest BCUT2D eigenvalue weighted by molar-refractivity contribution is 4.83. The van der Waals surface area contributed by atoms with Crippen molar-refractivity contribution in [1.82, 2.24) is 5.32 Å². The van der Waals surface area contributed by atoms with Gasteiger partial charge in [-0.15, -0.1) is 0 Å². The van der Waals surface area contributed by atoms with Gasteiger partial charge in [0, 0.05) is 12.6 Å². The van der Waals surface area contributed by atoms with Crippen LogP contribution in [-0.2, 0) is 4.74 Å². The fourth-order valence-corrected chi connectivity index (χ4v) is 2.45. The zero-order valence-electron chi connectivity index (χ0n) is 10.8. The molecule has 0 bridgehead atoms. The van der Waals surface area contributed by atoms with Crippen LogP contribution in [0.25, 0.3) is 0 Å². The number of hydrogen-bond donors (Lipinski definition) is 1. The second kappa shape index (κ2) is 6.49. The number of hydrogen-bond acceptors (Lipinski definition) is 2. The fraction of sp³-hybridized carbons (Fsp3) is 1.00. The molecule has 1 heterocycles. The van der Waals surface area contributed by atoms with Crippen molar-refractivity contribution < 1.29 is 4.74 Å². The number of nitrogens with one attached hydrogen (secondary N) is 1. The van der Waals surface area contributed by atoms with E-state index >= 15 is 0 Å². The van der Waals surface area contributed by atoms with Crippen LogP contribution in [-0.4, -0.2) is 25.8 Å². The summed E-state index contributed by atoms with van der Waals surface area (Å²) in [6, 6.07) is 0.557. The van der Waals surface area contributed by atoms with Crippen LogP contribution in [0.5, 0.6) is 0 Å². The van der Waals surface area contributed by atoms with Gasteiger partial charge in [0.2, 0.25) is 0 Å². The van der Waals surface area contributed by atoms with Crippen LogP contribution in [0.1, 0.15) is 46.5 Å². The maximum absolute atomic E-state index is 5.81. The monoisotopic (exact) mass is 213 g/mol. The van der Waals surface area contributed by atoms with Crippen molar-refractivity contribution in [3.8, 4) is 0 Å². The van der Waals surface area contributed by atoms with E-state index in [0.717, 1.165) is 18.4 Å². The Bertz CT molecular complexity index is 170. The van der Waals surface area contributed by atoms with Crippen LogP contribution < -0.4 is 5.32 Å². The average molecular weight is 213 g/mol. The van der Waals surface area contributed by atoms with Crippen molar-refractivity contribution >= 4 is 0 Å². The Hall–Kier alpha value is -0.0800. The standard InChI is InChI=1S/C13H27NO/c1-10(2)6-5-7-12(14-4)13-11(3)8-9-15-13/h10-14H,5-9H2,1-4H3. The van der Waals surface area contributed by atoms with E-state index in [1.165, 1.54) is 25.7 Å². The molecular weight excluding hydrogens is 186 g/mol. The molecule has 15 heavy (non-hydrogen) atoms. The summed E-state index contributed by atoms with van der Waals surface area (Å²) in [5, 5.41) is 3.42. The van der Waals surface area contributed by atoms with Gasteiger partial charge in [0.25, 0.3) is 0 Å². The first kappa shape index (κ1) is 13.0. The van der Waals surface area contributed by atoms with Crippen molar-refractivity contribution in [2.45, 2.75) is 58.6 Å². The molecule has 3 unspecified atom stereocenters. The van der Waals surface area contributed by atoms with Crippen LogP contribution in [0.4, 0.5) is 0 Å². The third-order valence-corrected chi connectivity index (χ3v) is 3.51. The molecule has 0 spiro atoms. The maximum atomic E-state index is 5.81. The van der Waals surface area contributed by atoms with E-state index in [9.17, 15) is 0 Å². The van der Waals surface area contributed by atoms with Gasteiger partial charge in [0.1, 0.15) is 0 Å². The number of rotatable bonds is 6. The Morgan fingerprint density at radius 1 is 1.33 bits per heavy atom. The Labute approximate surface area is 94.8 Å². The van der Waals surface area contributed by atoms with Gasteiger partial charge in [0.05, 0.1) is 6.10 Å². The highest BCUT2D eigenvalue weighted by Gasteiger charge is 2.30. The summed E-state index contributed by atoms with van der Waals surface area (Å²) in [6.07, 6.45) is 5.58. The highest BCUT2D eigenvalue weighted by Crippen LogP contribution is 2.25. The minimum Gasteiger partial charge on any atom is -0.376 e. The molecular formula is C13H27NO. The molecule has 1 saturated heterocycles. The second-order valence-electron chi connectivity index (χ2n) is 5.32. The van der Waals surface area contributed by atoms with Crippen molar-refractivity contribution in [1.29, 1.82) is 0 Å². The van der Waals surface area contributed by atoms with Crippen molar-refractivity contribution in [3.63, 3.8) is 0 Å². The first-order valence-corrected chi connectivity index (χ1v) is 6.44. The lowest BCUT2D eigenvalue weighted by Crippen LogP contribution is -2.40. The van der Waals surface area contributed by atoms with Gasteiger partial charge < -0.3 is 10.1 Å². The van der Waals surface area contributed by atoms with Crippen molar-refractivity contribution in [2.24, 2.45) is 11.8 Å². The van der Waals surface area contributed by atoms with Gasteiger partial charge >= 0.3 is 0 Å². The summed E-state index contributed by atoms with van der Waals surface area (Å²) in [5.41, 5.74) is 0. The maximum Gasteiger partial charge on any atom is 0.0754 e. The molecule has 0 aromatic heterocycles. The number of ether oxygens (including phenoxy) is 1. The molecule has 1 aliphatic heterocycles. The van der Waals surface area contributed by atoms with Gasteiger partial charge in [-0.25, -0.2) is 0 Å². The smallest absolute Gasteiger partial charge is 0.0754 e. The molecule has 2 nitrogen and oxygen atoms in total. The van der Waals surface area contributed by atoms with E-state index in [1.54, 1.807) is 0 Å². The lowest BCUT2D eigenvalue weighted by molar-refractivity contribution is 0.0596. The Balaban J connectivity index is 2.28. The topological polar surface area (TPSA) is 21.3 Å². The molecule has 0 amide bonds. The molecule has 0 aromatic carbocycles. The molecule has 0 aliphatic carbocycles. The van der Waals surface area contributed by atoms with Crippen LogP contribution in [0, 0.1) is 11.8 Å². The molecule has 0 radical (unpaired) electrons. The minimum atomic E-state index is 0.446. The zero-order chi connectivity index (χ0) is 11.3. The van der Waals surface area contributed by atoms with Crippen LogP contribution >= 0.6 is 0 Å². The average Bonchev–Trinajstić information content (AvgIpc) is 2.59. The molecule has 1 aliphatic rings. The van der Waals surface area contributed by atoms with Crippen LogP contribution in [0.2, 0.25) is 0 Å². The quantitative estimate of drug-likeness (QED) is 0.732. The van der Waals surface area contributed by atoms with Gasteiger partial charge in [-0.3, -0.25) is 0 Å². The summed E-state index contributed by atoms with van der Waals surface area (Å²) >= 11 is 0. The molecule has 1 fully saturated rings. The van der Waals surface area contributed by atoms with Crippen LogP contribution in [0.3, 0.4) is 0 Å². The molecule has 0 aromatic rings. The van der Waals surface area contributed by atoms with Crippen molar-refractivity contribution in [3.05, 3.63) is 0 Å². The fourth-order valence-electron chi connectivity index (χ4n) is 2.45. The number of likely N-dealkylation sites (N-methyl/N-ethyl adjacent to an activating group) is 1. The lowest BCUT2D eigenvalue weighted by atomic mass is 9.93. The molecule has 3 atom stereocenters. The Morgan fingerprint density at radius 2 is 2.07 bits per heavy atom. The third-order valence-electron chi connectivity index (χ3n) is 3.51. The molecule has 0 saturated carbocycles. The Kier molecular flexibility index (Phi) is 5.62. The summed E-state index contributed by atoms with van der Waals surface area (Å²) in [7, 11) is 2.06. The van der Waals surface area contributed by atoms with Gasteiger partial charge in [-0.2, -0.15) is 0 Å². The molecule has 90 valence electrons. The molecule has 2 heteroatoms.